The molecule has 4 nitrogen and oxygen atoms in total. The van der Waals surface area contributed by atoms with Crippen LogP contribution in [0.15, 0.2) is 60.8 Å². The van der Waals surface area contributed by atoms with Crippen LogP contribution in [0, 0.1) is 0 Å². The molecule has 3 aromatic rings. The van der Waals surface area contributed by atoms with Crippen LogP contribution in [0.4, 0.5) is 26.3 Å². The second-order valence-electron chi connectivity index (χ2n) is 7.98. The second kappa shape index (κ2) is 11.3. The van der Waals surface area contributed by atoms with E-state index in [0.29, 0.717) is 23.3 Å². The molecule has 0 aliphatic carbocycles. The van der Waals surface area contributed by atoms with Gasteiger partial charge in [0.25, 0.3) is 0 Å². The number of benzene rings is 2. The van der Waals surface area contributed by atoms with Crippen molar-refractivity contribution in [2.45, 2.75) is 38.3 Å². The first-order chi connectivity index (χ1) is 16.9. The van der Waals surface area contributed by atoms with Crippen LogP contribution in [0.1, 0.15) is 35.1 Å². The average Bonchev–Trinajstić information content (AvgIpc) is 2.82. The van der Waals surface area contributed by atoms with E-state index >= 15 is 0 Å². The Morgan fingerprint density at radius 3 is 2.08 bits per heavy atom. The van der Waals surface area contributed by atoms with Gasteiger partial charge in [-0.15, -0.1) is 0 Å². The van der Waals surface area contributed by atoms with Crippen LogP contribution in [-0.2, 0) is 30.2 Å². The van der Waals surface area contributed by atoms with E-state index in [1.807, 2.05) is 0 Å². The first-order valence-corrected chi connectivity index (χ1v) is 11.1. The largest absolute Gasteiger partial charge is 0.416 e. The lowest BCUT2D eigenvalue weighted by molar-refractivity contribution is -0.143. The van der Waals surface area contributed by atoms with Gasteiger partial charge in [-0.05, 0) is 47.4 Å². The quantitative estimate of drug-likeness (QED) is 0.259. The van der Waals surface area contributed by atoms with Gasteiger partial charge in [-0.2, -0.15) is 26.3 Å². The number of hydrogen-bond donors (Lipinski definition) is 1. The fourth-order valence-electron chi connectivity index (χ4n) is 3.65. The maximum absolute atomic E-state index is 13.3. The van der Waals surface area contributed by atoms with Crippen LogP contribution in [0.2, 0.25) is 5.15 Å². The van der Waals surface area contributed by atoms with Gasteiger partial charge in [-0.1, -0.05) is 41.9 Å². The van der Waals surface area contributed by atoms with Crippen molar-refractivity contribution in [3.8, 4) is 11.1 Å². The summed E-state index contributed by atoms with van der Waals surface area (Å²) >= 11 is 6.32. The van der Waals surface area contributed by atoms with Crippen molar-refractivity contribution < 1.29 is 36.2 Å². The lowest BCUT2D eigenvalue weighted by atomic mass is 10.0. The highest BCUT2D eigenvalue weighted by Gasteiger charge is 2.37. The summed E-state index contributed by atoms with van der Waals surface area (Å²) in [6, 6.07) is 11.8. The minimum Gasteiger partial charge on any atom is -0.396 e. The highest BCUT2D eigenvalue weighted by Crippen LogP contribution is 2.37. The Morgan fingerprint density at radius 1 is 0.917 bits per heavy atom. The summed E-state index contributed by atoms with van der Waals surface area (Å²) in [6.45, 7) is -1.08. The number of aromatic nitrogens is 1. The van der Waals surface area contributed by atoms with E-state index < -0.39 is 35.9 Å². The maximum atomic E-state index is 13.3. The van der Waals surface area contributed by atoms with Gasteiger partial charge >= 0.3 is 12.4 Å². The van der Waals surface area contributed by atoms with E-state index in [0.717, 1.165) is 10.5 Å². The number of pyridine rings is 1. The summed E-state index contributed by atoms with van der Waals surface area (Å²) in [5, 5.41) is 9.15. The van der Waals surface area contributed by atoms with Gasteiger partial charge in [0.15, 0.2) is 0 Å². The summed E-state index contributed by atoms with van der Waals surface area (Å²) in [5.74, 6) is -0.575. The van der Waals surface area contributed by atoms with E-state index in [-0.39, 0.29) is 42.8 Å². The Labute approximate surface area is 208 Å². The SMILES string of the molecule is O=C(CCCO)N(Cc1cc(C(F)(F)F)cc(C(F)(F)F)c1)Cc1c(-c2ccccc2)ccnc1Cl. The van der Waals surface area contributed by atoms with E-state index in [4.69, 9.17) is 16.7 Å². The Balaban J connectivity index is 2.05. The molecular formula is C25H21ClF6N2O2. The first kappa shape index (κ1) is 27.5. The molecule has 1 N–H and O–H groups in total. The van der Waals surface area contributed by atoms with Gasteiger partial charge < -0.3 is 10.0 Å². The molecule has 0 spiro atoms. The molecule has 0 atom stereocenters. The van der Waals surface area contributed by atoms with Gasteiger partial charge in [-0.25, -0.2) is 4.98 Å². The molecule has 0 fully saturated rings. The summed E-state index contributed by atoms with van der Waals surface area (Å²) in [6.07, 6.45) is -8.68. The van der Waals surface area contributed by atoms with Gasteiger partial charge in [0.2, 0.25) is 5.91 Å². The lowest BCUT2D eigenvalue weighted by Crippen LogP contribution is -2.31. The average molecular weight is 531 g/mol. The zero-order valence-corrected chi connectivity index (χ0v) is 19.5. The normalized spacial score (nSPS) is 12.0. The number of nitrogens with zero attached hydrogens (tertiary/aromatic N) is 2. The lowest BCUT2D eigenvalue weighted by Gasteiger charge is -2.26. The standard InChI is InChI=1S/C25H21ClF6N2O2/c26-23-21(20(8-9-33-23)17-5-2-1-3-6-17)15-34(22(36)7-4-10-35)14-16-11-18(24(27,28)29)13-19(12-16)25(30,31)32/h1-3,5-6,8-9,11-13,35H,4,7,10,14-15H2. The Hall–Kier alpha value is -3.11. The molecule has 11 heteroatoms. The number of carbonyl (C=O) groups excluding carboxylic acids is 1. The molecule has 0 aliphatic rings. The zero-order valence-electron chi connectivity index (χ0n) is 18.7. The highest BCUT2D eigenvalue weighted by atomic mass is 35.5. The minimum atomic E-state index is -5.02. The molecule has 0 unspecified atom stereocenters. The van der Waals surface area contributed by atoms with Crippen LogP contribution in [0.5, 0.6) is 0 Å². The van der Waals surface area contributed by atoms with Gasteiger partial charge in [0.05, 0.1) is 11.1 Å². The Bertz CT molecular complexity index is 1170. The summed E-state index contributed by atoms with van der Waals surface area (Å²) in [5.41, 5.74) is -1.57. The van der Waals surface area contributed by atoms with Crippen LogP contribution in [0.25, 0.3) is 11.1 Å². The topological polar surface area (TPSA) is 53.4 Å². The van der Waals surface area contributed by atoms with Crippen molar-refractivity contribution in [3.05, 3.63) is 88.2 Å². The number of rotatable bonds is 8. The molecule has 0 saturated carbocycles. The van der Waals surface area contributed by atoms with Crippen molar-refractivity contribution >= 4 is 17.5 Å². The molecule has 0 radical (unpaired) electrons. The van der Waals surface area contributed by atoms with Crippen LogP contribution in [-0.4, -0.2) is 27.5 Å². The smallest absolute Gasteiger partial charge is 0.396 e. The number of halogens is 7. The van der Waals surface area contributed by atoms with Crippen molar-refractivity contribution in [1.29, 1.82) is 0 Å². The van der Waals surface area contributed by atoms with Gasteiger partial charge in [-0.3, -0.25) is 4.79 Å². The molecule has 0 aliphatic heterocycles. The zero-order chi connectivity index (χ0) is 26.5. The predicted octanol–water partition coefficient (Wildman–Crippen LogP) is 6.74. The molecular weight excluding hydrogens is 510 g/mol. The third-order valence-corrected chi connectivity index (χ3v) is 5.69. The number of alkyl halides is 6. The summed E-state index contributed by atoms with van der Waals surface area (Å²) in [4.78, 5) is 18.1. The monoisotopic (exact) mass is 530 g/mol. The molecule has 1 heterocycles. The molecule has 1 aromatic heterocycles. The minimum absolute atomic E-state index is 0.0346. The maximum Gasteiger partial charge on any atom is 0.416 e. The number of hydrogen-bond acceptors (Lipinski definition) is 3. The van der Waals surface area contributed by atoms with Crippen molar-refractivity contribution in [1.82, 2.24) is 9.88 Å². The number of amides is 1. The number of aliphatic hydroxyl groups is 1. The summed E-state index contributed by atoms with van der Waals surface area (Å²) in [7, 11) is 0. The van der Waals surface area contributed by atoms with Crippen molar-refractivity contribution in [2.75, 3.05) is 6.61 Å². The summed E-state index contributed by atoms with van der Waals surface area (Å²) < 4.78 is 80.0. The Morgan fingerprint density at radius 2 is 1.53 bits per heavy atom. The van der Waals surface area contributed by atoms with E-state index in [9.17, 15) is 31.1 Å². The molecule has 1 amide bonds. The predicted molar refractivity (Wildman–Crippen MR) is 122 cm³/mol. The van der Waals surface area contributed by atoms with Crippen molar-refractivity contribution in [3.63, 3.8) is 0 Å². The Kier molecular flexibility index (Phi) is 8.63. The molecule has 192 valence electrons. The fraction of sp³-hybridized carbons (Fsp3) is 0.280. The third-order valence-electron chi connectivity index (χ3n) is 5.36. The van der Waals surface area contributed by atoms with Crippen LogP contribution < -0.4 is 0 Å². The molecule has 2 aromatic carbocycles. The van der Waals surface area contributed by atoms with Crippen LogP contribution in [0.3, 0.4) is 0 Å². The van der Waals surface area contributed by atoms with Crippen LogP contribution >= 0.6 is 11.6 Å². The van der Waals surface area contributed by atoms with Crippen molar-refractivity contribution in [2.24, 2.45) is 0 Å². The van der Waals surface area contributed by atoms with Gasteiger partial charge in [0.1, 0.15) is 5.15 Å². The molecule has 36 heavy (non-hydrogen) atoms. The molecule has 0 saturated heterocycles. The molecule has 0 bridgehead atoms. The fourth-order valence-corrected chi connectivity index (χ4v) is 3.87. The number of aliphatic hydroxyl groups excluding tert-OH is 1. The van der Waals surface area contributed by atoms with Gasteiger partial charge in [0, 0.05) is 37.9 Å². The first-order valence-electron chi connectivity index (χ1n) is 10.8. The van der Waals surface area contributed by atoms with E-state index in [2.05, 4.69) is 4.98 Å². The van der Waals surface area contributed by atoms with E-state index in [1.165, 1.54) is 6.20 Å². The van der Waals surface area contributed by atoms with E-state index in [1.54, 1.807) is 36.4 Å². The highest BCUT2D eigenvalue weighted by molar-refractivity contribution is 6.30. The third kappa shape index (κ3) is 6.98. The second-order valence-corrected chi connectivity index (χ2v) is 8.34. The number of carbonyl (C=O) groups is 1. The molecule has 3 rings (SSSR count).